The van der Waals surface area contributed by atoms with Crippen molar-refractivity contribution < 1.29 is 23.8 Å². The van der Waals surface area contributed by atoms with E-state index in [1.807, 2.05) is 31.2 Å². The number of alkyl carbamates (subject to hydrolysis) is 1. The molecule has 1 amide bonds. The summed E-state index contributed by atoms with van der Waals surface area (Å²) in [6.07, 6.45) is 3.35. The summed E-state index contributed by atoms with van der Waals surface area (Å²) in [4.78, 5) is 23.2. The maximum absolute atomic E-state index is 11.7. The molecular formula is C19H27NO5. The van der Waals surface area contributed by atoms with Crippen LogP contribution < -0.4 is 10.1 Å². The van der Waals surface area contributed by atoms with Crippen molar-refractivity contribution in [2.75, 3.05) is 19.8 Å². The Morgan fingerprint density at radius 1 is 1.16 bits per heavy atom. The smallest absolute Gasteiger partial charge is 0.407 e. The quantitative estimate of drug-likeness (QED) is 0.441. The molecule has 1 rings (SSSR count). The van der Waals surface area contributed by atoms with Crippen LogP contribution in [-0.4, -0.2) is 37.4 Å². The zero-order valence-electron chi connectivity index (χ0n) is 15.3. The summed E-state index contributed by atoms with van der Waals surface area (Å²) in [5, 5.41) is 2.52. The van der Waals surface area contributed by atoms with Crippen LogP contribution in [0.5, 0.6) is 5.75 Å². The second-order valence-electron chi connectivity index (χ2n) is 6.32. The second-order valence-corrected chi connectivity index (χ2v) is 6.32. The number of hydrogen-bond donors (Lipinski definition) is 1. The van der Waals surface area contributed by atoms with Crippen LogP contribution in [0.1, 0.15) is 39.7 Å². The Morgan fingerprint density at radius 3 is 2.56 bits per heavy atom. The highest BCUT2D eigenvalue weighted by Crippen LogP contribution is 2.19. The SMILES string of the molecule is CCCOc1ccccc1/C=C/C(=O)OCCNC(=O)OC(C)(C)C. The van der Waals surface area contributed by atoms with Crippen LogP contribution in [0, 0.1) is 0 Å². The van der Waals surface area contributed by atoms with E-state index in [0.717, 1.165) is 17.7 Å². The number of carbonyl (C=O) groups excluding carboxylic acids is 2. The molecule has 6 heteroatoms. The van der Waals surface area contributed by atoms with Gasteiger partial charge in [0.25, 0.3) is 0 Å². The zero-order chi connectivity index (χ0) is 18.7. The van der Waals surface area contributed by atoms with Crippen molar-refractivity contribution in [1.82, 2.24) is 5.32 Å². The third-order valence-electron chi connectivity index (χ3n) is 2.79. The molecule has 0 heterocycles. The number of nitrogens with one attached hydrogen (secondary N) is 1. The summed E-state index contributed by atoms with van der Waals surface area (Å²) in [5.74, 6) is 0.233. The van der Waals surface area contributed by atoms with Gasteiger partial charge in [0.05, 0.1) is 13.2 Å². The molecule has 0 atom stereocenters. The molecule has 6 nitrogen and oxygen atoms in total. The lowest BCUT2D eigenvalue weighted by atomic mass is 10.2. The Kier molecular flexibility index (Phi) is 8.53. The molecule has 0 saturated carbocycles. The minimum absolute atomic E-state index is 0.0659. The van der Waals surface area contributed by atoms with Crippen molar-refractivity contribution in [1.29, 1.82) is 0 Å². The number of ether oxygens (including phenoxy) is 3. The molecule has 0 saturated heterocycles. The molecule has 0 aliphatic heterocycles. The Hall–Kier alpha value is -2.50. The van der Waals surface area contributed by atoms with Gasteiger partial charge in [0.15, 0.2) is 0 Å². The van der Waals surface area contributed by atoms with Gasteiger partial charge in [-0.15, -0.1) is 0 Å². The van der Waals surface area contributed by atoms with E-state index in [2.05, 4.69) is 5.32 Å². The van der Waals surface area contributed by atoms with E-state index in [9.17, 15) is 9.59 Å². The van der Waals surface area contributed by atoms with Gasteiger partial charge in [-0.3, -0.25) is 0 Å². The van der Waals surface area contributed by atoms with Crippen molar-refractivity contribution in [3.05, 3.63) is 35.9 Å². The van der Waals surface area contributed by atoms with Gasteiger partial charge < -0.3 is 19.5 Å². The molecule has 0 aliphatic rings. The summed E-state index contributed by atoms with van der Waals surface area (Å²) in [6, 6.07) is 7.46. The van der Waals surface area contributed by atoms with Crippen molar-refractivity contribution >= 4 is 18.1 Å². The number of benzene rings is 1. The lowest BCUT2D eigenvalue weighted by Crippen LogP contribution is -2.34. The third kappa shape index (κ3) is 9.39. The largest absolute Gasteiger partial charge is 0.493 e. The molecular weight excluding hydrogens is 322 g/mol. The van der Waals surface area contributed by atoms with Crippen LogP contribution in [0.25, 0.3) is 6.08 Å². The normalized spacial score (nSPS) is 11.2. The molecule has 0 aromatic heterocycles. The van der Waals surface area contributed by atoms with E-state index >= 15 is 0 Å². The van der Waals surface area contributed by atoms with Crippen LogP contribution in [-0.2, 0) is 14.3 Å². The second kappa shape index (κ2) is 10.4. The summed E-state index contributed by atoms with van der Waals surface area (Å²) in [5.41, 5.74) is 0.247. The minimum atomic E-state index is -0.559. The Labute approximate surface area is 149 Å². The van der Waals surface area contributed by atoms with E-state index in [-0.39, 0.29) is 13.2 Å². The van der Waals surface area contributed by atoms with Crippen molar-refractivity contribution in [2.24, 2.45) is 0 Å². The van der Waals surface area contributed by atoms with E-state index in [1.165, 1.54) is 6.08 Å². The van der Waals surface area contributed by atoms with Gasteiger partial charge in [-0.2, -0.15) is 0 Å². The molecule has 0 bridgehead atoms. The summed E-state index contributed by atoms with van der Waals surface area (Å²) in [7, 11) is 0. The number of rotatable bonds is 8. The first-order valence-electron chi connectivity index (χ1n) is 8.35. The zero-order valence-corrected chi connectivity index (χ0v) is 15.3. The molecule has 0 aliphatic carbocycles. The number of hydrogen-bond acceptors (Lipinski definition) is 5. The summed E-state index contributed by atoms with van der Waals surface area (Å²) < 4.78 is 15.7. The van der Waals surface area contributed by atoms with Gasteiger partial charge >= 0.3 is 12.1 Å². The fraction of sp³-hybridized carbons (Fsp3) is 0.474. The average molecular weight is 349 g/mol. The van der Waals surface area contributed by atoms with Gasteiger partial charge in [0, 0.05) is 11.6 Å². The van der Waals surface area contributed by atoms with Gasteiger partial charge in [-0.25, -0.2) is 9.59 Å². The van der Waals surface area contributed by atoms with E-state index in [1.54, 1.807) is 26.8 Å². The summed E-state index contributed by atoms with van der Waals surface area (Å²) in [6.45, 7) is 8.23. The molecule has 1 N–H and O–H groups in total. The molecule has 0 unspecified atom stereocenters. The first-order valence-corrected chi connectivity index (χ1v) is 8.35. The predicted octanol–water partition coefficient (Wildman–Crippen LogP) is 3.56. The monoisotopic (exact) mass is 349 g/mol. The maximum atomic E-state index is 11.7. The van der Waals surface area contributed by atoms with E-state index < -0.39 is 17.7 Å². The fourth-order valence-corrected chi connectivity index (χ4v) is 1.79. The van der Waals surface area contributed by atoms with Crippen LogP contribution >= 0.6 is 0 Å². The van der Waals surface area contributed by atoms with Crippen LogP contribution in [0.4, 0.5) is 4.79 Å². The van der Waals surface area contributed by atoms with Crippen molar-refractivity contribution in [2.45, 2.75) is 39.7 Å². The van der Waals surface area contributed by atoms with Gasteiger partial charge in [0.2, 0.25) is 0 Å². The minimum Gasteiger partial charge on any atom is -0.493 e. The Bertz CT molecular complexity index is 590. The molecule has 25 heavy (non-hydrogen) atoms. The number of esters is 1. The van der Waals surface area contributed by atoms with Crippen LogP contribution in [0.2, 0.25) is 0 Å². The van der Waals surface area contributed by atoms with Gasteiger partial charge in [-0.05, 0) is 39.3 Å². The molecule has 1 aromatic rings. The van der Waals surface area contributed by atoms with E-state index in [0.29, 0.717) is 6.61 Å². The lowest BCUT2D eigenvalue weighted by Gasteiger charge is -2.19. The highest BCUT2D eigenvalue weighted by molar-refractivity contribution is 5.87. The van der Waals surface area contributed by atoms with Gasteiger partial charge in [-0.1, -0.05) is 25.1 Å². The third-order valence-corrected chi connectivity index (χ3v) is 2.79. The highest BCUT2D eigenvalue weighted by Gasteiger charge is 2.15. The number of carbonyl (C=O) groups is 2. The number of amides is 1. The molecule has 138 valence electrons. The predicted molar refractivity (Wildman–Crippen MR) is 96.5 cm³/mol. The molecule has 1 aromatic carbocycles. The summed E-state index contributed by atoms with van der Waals surface area (Å²) >= 11 is 0. The lowest BCUT2D eigenvalue weighted by molar-refractivity contribution is -0.137. The molecule has 0 fully saturated rings. The topological polar surface area (TPSA) is 73.9 Å². The van der Waals surface area contributed by atoms with E-state index in [4.69, 9.17) is 14.2 Å². The fourth-order valence-electron chi connectivity index (χ4n) is 1.79. The van der Waals surface area contributed by atoms with Crippen molar-refractivity contribution in [3.8, 4) is 5.75 Å². The highest BCUT2D eigenvalue weighted by atomic mass is 16.6. The molecule has 0 spiro atoms. The first kappa shape index (κ1) is 20.5. The molecule has 0 radical (unpaired) electrons. The number of para-hydroxylation sites is 1. The van der Waals surface area contributed by atoms with Crippen molar-refractivity contribution in [3.63, 3.8) is 0 Å². The standard InChI is InChI=1S/C19H27NO5/c1-5-13-23-16-9-7-6-8-15(16)10-11-17(21)24-14-12-20-18(22)25-19(2,3)4/h6-11H,5,12-14H2,1-4H3,(H,20,22)/b11-10+. The van der Waals surface area contributed by atoms with Gasteiger partial charge in [0.1, 0.15) is 18.0 Å². The van der Waals surface area contributed by atoms with Crippen LogP contribution in [0.15, 0.2) is 30.3 Å². The first-order chi connectivity index (χ1) is 11.8. The Balaban J connectivity index is 2.37. The Morgan fingerprint density at radius 2 is 1.88 bits per heavy atom. The van der Waals surface area contributed by atoms with Crippen LogP contribution in [0.3, 0.4) is 0 Å². The maximum Gasteiger partial charge on any atom is 0.407 e. The average Bonchev–Trinajstić information content (AvgIpc) is 2.54.